The van der Waals surface area contributed by atoms with Gasteiger partial charge in [0, 0.05) is 27.2 Å². The Morgan fingerprint density at radius 2 is 1.95 bits per heavy atom. The number of anilines is 1. The van der Waals surface area contributed by atoms with Crippen LogP contribution in [0.25, 0.3) is 0 Å². The molecule has 2 amide bonds. The lowest BCUT2D eigenvalue weighted by Gasteiger charge is -2.16. The second-order valence-corrected chi connectivity index (χ2v) is 4.65. The molecule has 6 nitrogen and oxygen atoms in total. The standard InChI is InChI=1S/C15H24N2O4/c1-12(11-20-3)16-15(18)17-13-7-4-5-8-14(13)21-10-6-9-19-2/h4-5,7-8,12H,6,9-11H2,1-3H3,(H2,16,17,18). The molecule has 1 aromatic rings. The van der Waals surface area contributed by atoms with Gasteiger partial charge in [0.1, 0.15) is 5.75 Å². The zero-order valence-corrected chi connectivity index (χ0v) is 12.8. The second-order valence-electron chi connectivity index (χ2n) is 4.65. The first-order chi connectivity index (χ1) is 10.2. The summed E-state index contributed by atoms with van der Waals surface area (Å²) in [6.45, 7) is 3.51. The monoisotopic (exact) mass is 296 g/mol. The van der Waals surface area contributed by atoms with Gasteiger partial charge < -0.3 is 24.8 Å². The number of carbonyl (C=O) groups is 1. The van der Waals surface area contributed by atoms with Crippen LogP contribution in [0.2, 0.25) is 0 Å². The number of methoxy groups -OCH3 is 2. The summed E-state index contributed by atoms with van der Waals surface area (Å²) in [5.74, 6) is 0.642. The lowest BCUT2D eigenvalue weighted by atomic mass is 10.3. The molecular weight excluding hydrogens is 272 g/mol. The van der Waals surface area contributed by atoms with E-state index in [2.05, 4.69) is 10.6 Å². The zero-order chi connectivity index (χ0) is 15.5. The predicted octanol–water partition coefficient (Wildman–Crippen LogP) is 2.26. The lowest BCUT2D eigenvalue weighted by Crippen LogP contribution is -2.38. The van der Waals surface area contributed by atoms with E-state index in [1.54, 1.807) is 20.3 Å². The summed E-state index contributed by atoms with van der Waals surface area (Å²) in [7, 11) is 3.25. The van der Waals surface area contributed by atoms with E-state index in [0.717, 1.165) is 6.42 Å². The summed E-state index contributed by atoms with van der Waals surface area (Å²) >= 11 is 0. The molecule has 0 radical (unpaired) electrons. The molecule has 0 saturated heterocycles. The largest absolute Gasteiger partial charge is 0.491 e. The molecule has 118 valence electrons. The van der Waals surface area contributed by atoms with Crippen molar-refractivity contribution < 1.29 is 19.0 Å². The maximum atomic E-state index is 11.9. The maximum absolute atomic E-state index is 11.9. The second kappa shape index (κ2) is 10.0. The Morgan fingerprint density at radius 3 is 2.67 bits per heavy atom. The average molecular weight is 296 g/mol. The average Bonchev–Trinajstić information content (AvgIpc) is 2.45. The first kappa shape index (κ1) is 17.3. The van der Waals surface area contributed by atoms with Crippen molar-refractivity contribution >= 4 is 11.7 Å². The van der Waals surface area contributed by atoms with Gasteiger partial charge in [-0.3, -0.25) is 0 Å². The van der Waals surface area contributed by atoms with Crippen molar-refractivity contribution in [3.63, 3.8) is 0 Å². The number of para-hydroxylation sites is 2. The molecule has 0 aliphatic carbocycles. The molecule has 0 spiro atoms. The first-order valence-corrected chi connectivity index (χ1v) is 6.94. The van der Waals surface area contributed by atoms with E-state index in [4.69, 9.17) is 14.2 Å². The number of benzene rings is 1. The van der Waals surface area contributed by atoms with Crippen molar-refractivity contribution in [1.82, 2.24) is 5.32 Å². The number of amides is 2. The normalized spacial score (nSPS) is 11.8. The third kappa shape index (κ3) is 6.97. The van der Waals surface area contributed by atoms with Crippen molar-refractivity contribution in [3.05, 3.63) is 24.3 Å². The van der Waals surface area contributed by atoms with Gasteiger partial charge in [-0.2, -0.15) is 0 Å². The summed E-state index contributed by atoms with van der Waals surface area (Å²) in [5.41, 5.74) is 0.636. The van der Waals surface area contributed by atoms with Gasteiger partial charge in [0.2, 0.25) is 0 Å². The van der Waals surface area contributed by atoms with E-state index in [-0.39, 0.29) is 12.1 Å². The molecule has 0 fully saturated rings. The number of urea groups is 1. The minimum atomic E-state index is -0.285. The Morgan fingerprint density at radius 1 is 1.19 bits per heavy atom. The molecule has 0 aliphatic heterocycles. The Bertz CT molecular complexity index is 426. The van der Waals surface area contributed by atoms with E-state index in [0.29, 0.717) is 31.3 Å². The molecule has 21 heavy (non-hydrogen) atoms. The topological polar surface area (TPSA) is 68.8 Å². The van der Waals surface area contributed by atoms with Gasteiger partial charge in [-0.05, 0) is 19.1 Å². The molecule has 1 atom stereocenters. The highest BCUT2D eigenvalue weighted by molar-refractivity contribution is 5.91. The Balaban J connectivity index is 2.51. The quantitative estimate of drug-likeness (QED) is 0.686. The lowest BCUT2D eigenvalue weighted by molar-refractivity contribution is 0.172. The third-order valence-electron chi connectivity index (χ3n) is 2.68. The Hall–Kier alpha value is -1.79. The molecule has 0 aliphatic rings. The van der Waals surface area contributed by atoms with Crippen LogP contribution in [0.15, 0.2) is 24.3 Å². The first-order valence-electron chi connectivity index (χ1n) is 6.94. The molecule has 2 N–H and O–H groups in total. The van der Waals surface area contributed by atoms with E-state index >= 15 is 0 Å². The van der Waals surface area contributed by atoms with Crippen molar-refractivity contribution in [2.45, 2.75) is 19.4 Å². The minimum Gasteiger partial charge on any atom is -0.491 e. The van der Waals surface area contributed by atoms with Crippen LogP contribution in [0.5, 0.6) is 5.75 Å². The van der Waals surface area contributed by atoms with Crippen LogP contribution in [0.3, 0.4) is 0 Å². The maximum Gasteiger partial charge on any atom is 0.319 e. The van der Waals surface area contributed by atoms with Crippen molar-refractivity contribution in [2.24, 2.45) is 0 Å². The van der Waals surface area contributed by atoms with Gasteiger partial charge in [-0.1, -0.05) is 12.1 Å². The van der Waals surface area contributed by atoms with Crippen LogP contribution in [0.1, 0.15) is 13.3 Å². The molecule has 6 heteroatoms. The summed E-state index contributed by atoms with van der Waals surface area (Å²) < 4.78 is 15.6. The number of hydrogen-bond acceptors (Lipinski definition) is 4. The van der Waals surface area contributed by atoms with Crippen molar-refractivity contribution in [3.8, 4) is 5.75 Å². The summed E-state index contributed by atoms with van der Waals surface area (Å²) in [6, 6.07) is 6.98. The number of nitrogens with one attached hydrogen (secondary N) is 2. The molecule has 1 rings (SSSR count). The van der Waals surface area contributed by atoms with Crippen LogP contribution < -0.4 is 15.4 Å². The number of carbonyl (C=O) groups excluding carboxylic acids is 1. The van der Waals surface area contributed by atoms with E-state index in [1.165, 1.54) is 0 Å². The Labute approximate surface area is 125 Å². The zero-order valence-electron chi connectivity index (χ0n) is 12.8. The van der Waals surface area contributed by atoms with Crippen LogP contribution >= 0.6 is 0 Å². The molecule has 0 aromatic heterocycles. The van der Waals surface area contributed by atoms with Gasteiger partial charge in [-0.25, -0.2) is 4.79 Å². The fourth-order valence-electron chi connectivity index (χ4n) is 1.76. The van der Waals surface area contributed by atoms with Gasteiger partial charge >= 0.3 is 6.03 Å². The SMILES string of the molecule is COCCCOc1ccccc1NC(=O)NC(C)COC. The van der Waals surface area contributed by atoms with Crippen LogP contribution in [0.4, 0.5) is 10.5 Å². The fourth-order valence-corrected chi connectivity index (χ4v) is 1.76. The number of rotatable bonds is 9. The van der Waals surface area contributed by atoms with Crippen molar-refractivity contribution in [1.29, 1.82) is 0 Å². The number of hydrogen-bond donors (Lipinski definition) is 2. The van der Waals surface area contributed by atoms with Crippen LogP contribution in [-0.4, -0.2) is 46.1 Å². The molecule has 0 heterocycles. The van der Waals surface area contributed by atoms with E-state index in [9.17, 15) is 4.79 Å². The fraction of sp³-hybridized carbons (Fsp3) is 0.533. The highest BCUT2D eigenvalue weighted by Gasteiger charge is 2.10. The molecule has 0 bridgehead atoms. The summed E-state index contributed by atoms with van der Waals surface area (Å²) in [5, 5.41) is 5.56. The predicted molar refractivity (Wildman–Crippen MR) is 81.9 cm³/mol. The van der Waals surface area contributed by atoms with Crippen LogP contribution in [-0.2, 0) is 9.47 Å². The van der Waals surface area contributed by atoms with Crippen molar-refractivity contribution in [2.75, 3.05) is 39.4 Å². The van der Waals surface area contributed by atoms with Gasteiger partial charge in [0.05, 0.1) is 24.9 Å². The summed E-state index contributed by atoms with van der Waals surface area (Å²) in [4.78, 5) is 11.9. The highest BCUT2D eigenvalue weighted by Crippen LogP contribution is 2.23. The van der Waals surface area contributed by atoms with Gasteiger partial charge in [0.25, 0.3) is 0 Å². The Kier molecular flexibility index (Phi) is 8.23. The minimum absolute atomic E-state index is 0.0650. The third-order valence-corrected chi connectivity index (χ3v) is 2.68. The van der Waals surface area contributed by atoms with Gasteiger partial charge in [0.15, 0.2) is 0 Å². The molecular formula is C15H24N2O4. The molecule has 1 aromatic carbocycles. The smallest absolute Gasteiger partial charge is 0.319 e. The summed E-state index contributed by atoms with van der Waals surface area (Å²) in [6.07, 6.45) is 0.794. The molecule has 1 unspecified atom stereocenters. The highest BCUT2D eigenvalue weighted by atomic mass is 16.5. The van der Waals surface area contributed by atoms with E-state index < -0.39 is 0 Å². The van der Waals surface area contributed by atoms with E-state index in [1.807, 2.05) is 25.1 Å². The molecule has 0 saturated carbocycles. The van der Waals surface area contributed by atoms with Gasteiger partial charge in [-0.15, -0.1) is 0 Å². The van der Waals surface area contributed by atoms with Crippen LogP contribution in [0, 0.1) is 0 Å². The number of ether oxygens (including phenoxy) is 3.